The van der Waals surface area contributed by atoms with Crippen LogP contribution in [0, 0.1) is 0 Å². The van der Waals surface area contributed by atoms with Gasteiger partial charge in [-0.15, -0.1) is 24.0 Å². The van der Waals surface area contributed by atoms with Gasteiger partial charge in [0.15, 0.2) is 5.96 Å². The molecule has 0 aliphatic rings. The Balaban J connectivity index is 0.00000441. The van der Waals surface area contributed by atoms with E-state index in [-0.39, 0.29) is 24.0 Å². The number of ether oxygens (including phenoxy) is 2. The van der Waals surface area contributed by atoms with Crippen molar-refractivity contribution in [3.8, 4) is 0 Å². The molecule has 0 amide bonds. The van der Waals surface area contributed by atoms with Crippen LogP contribution >= 0.6 is 39.9 Å². The van der Waals surface area contributed by atoms with Gasteiger partial charge in [-0.25, -0.2) is 0 Å². The van der Waals surface area contributed by atoms with E-state index in [9.17, 15) is 0 Å². The highest BCUT2D eigenvalue weighted by molar-refractivity contribution is 14.0. The first kappa shape index (κ1) is 21.7. The van der Waals surface area contributed by atoms with Gasteiger partial charge < -0.3 is 24.3 Å². The number of aryl methyl sites for hydroxylation is 1. The summed E-state index contributed by atoms with van der Waals surface area (Å²) >= 11 is 3.49. The minimum Gasteiger partial charge on any atom is -0.382 e. The molecule has 1 aromatic rings. The predicted octanol–water partition coefficient (Wildman–Crippen LogP) is 2.08. The van der Waals surface area contributed by atoms with E-state index in [2.05, 4.69) is 41.8 Å². The SMILES string of the molecule is CN=C(NCCOCCOC)N(C)Cc1cc(Br)cn1C.I. The van der Waals surface area contributed by atoms with Crippen molar-refractivity contribution in [1.82, 2.24) is 14.8 Å². The molecule has 128 valence electrons. The van der Waals surface area contributed by atoms with Gasteiger partial charge in [0.05, 0.1) is 26.4 Å². The zero-order valence-electron chi connectivity index (χ0n) is 13.6. The number of aromatic nitrogens is 1. The fourth-order valence-corrected chi connectivity index (χ4v) is 2.48. The van der Waals surface area contributed by atoms with Crippen LogP contribution in [0.2, 0.25) is 0 Å². The number of halogens is 2. The van der Waals surface area contributed by atoms with Crippen molar-refractivity contribution in [2.75, 3.05) is 47.6 Å². The molecule has 0 aliphatic heterocycles. The number of nitrogens with zero attached hydrogens (tertiary/aromatic N) is 3. The van der Waals surface area contributed by atoms with Gasteiger partial charge in [-0.3, -0.25) is 4.99 Å². The van der Waals surface area contributed by atoms with Crippen LogP contribution in [0.3, 0.4) is 0 Å². The predicted molar refractivity (Wildman–Crippen MR) is 104 cm³/mol. The van der Waals surface area contributed by atoms with Crippen molar-refractivity contribution in [2.45, 2.75) is 6.54 Å². The molecule has 0 atom stereocenters. The van der Waals surface area contributed by atoms with Crippen LogP contribution in [0.1, 0.15) is 5.69 Å². The van der Waals surface area contributed by atoms with Crippen LogP contribution in [0.15, 0.2) is 21.7 Å². The third kappa shape index (κ3) is 7.80. The van der Waals surface area contributed by atoms with Gasteiger partial charge in [0.2, 0.25) is 0 Å². The Kier molecular flexibility index (Phi) is 12.0. The lowest BCUT2D eigenvalue weighted by atomic mass is 10.4. The topological polar surface area (TPSA) is 51.0 Å². The third-order valence-electron chi connectivity index (χ3n) is 3.01. The first-order valence-electron chi connectivity index (χ1n) is 6.87. The first-order valence-corrected chi connectivity index (χ1v) is 7.67. The second-order valence-corrected chi connectivity index (χ2v) is 5.61. The number of methoxy groups -OCH3 is 1. The summed E-state index contributed by atoms with van der Waals surface area (Å²) in [6.45, 7) is 3.37. The number of guanidine groups is 1. The van der Waals surface area contributed by atoms with Crippen LogP contribution in [0.5, 0.6) is 0 Å². The van der Waals surface area contributed by atoms with E-state index in [1.54, 1.807) is 14.2 Å². The smallest absolute Gasteiger partial charge is 0.193 e. The summed E-state index contributed by atoms with van der Waals surface area (Å²) in [5, 5.41) is 3.28. The van der Waals surface area contributed by atoms with E-state index < -0.39 is 0 Å². The molecule has 0 aliphatic carbocycles. The number of rotatable bonds is 8. The molecule has 22 heavy (non-hydrogen) atoms. The molecule has 0 unspecified atom stereocenters. The Morgan fingerprint density at radius 2 is 2.14 bits per heavy atom. The molecule has 1 N–H and O–H groups in total. The minimum absolute atomic E-state index is 0. The van der Waals surface area contributed by atoms with Crippen molar-refractivity contribution >= 4 is 45.9 Å². The normalized spacial score (nSPS) is 11.2. The molecule has 6 nitrogen and oxygen atoms in total. The van der Waals surface area contributed by atoms with E-state index in [1.165, 1.54) is 5.69 Å². The van der Waals surface area contributed by atoms with E-state index in [0.717, 1.165) is 23.5 Å². The lowest BCUT2D eigenvalue weighted by molar-refractivity contribution is 0.0731. The first-order chi connectivity index (χ1) is 10.1. The molecular formula is C14H26BrIN4O2. The average molecular weight is 489 g/mol. The number of aliphatic imine (C=N–C) groups is 1. The Morgan fingerprint density at radius 3 is 2.68 bits per heavy atom. The monoisotopic (exact) mass is 488 g/mol. The van der Waals surface area contributed by atoms with Gasteiger partial charge in [-0.2, -0.15) is 0 Å². The lowest BCUT2D eigenvalue weighted by Crippen LogP contribution is -2.40. The van der Waals surface area contributed by atoms with Gasteiger partial charge in [-0.05, 0) is 22.0 Å². The Hall–Kier alpha value is -0.320. The van der Waals surface area contributed by atoms with Gasteiger partial charge in [-0.1, -0.05) is 0 Å². The van der Waals surface area contributed by atoms with Crippen LogP contribution in [0.4, 0.5) is 0 Å². The molecule has 0 aromatic carbocycles. The standard InChI is InChI=1S/C14H25BrN4O2.HI/c1-16-14(17-5-6-21-8-7-20-4)19(3)11-13-9-12(15)10-18(13)2;/h9-10H,5-8,11H2,1-4H3,(H,16,17);1H. The largest absolute Gasteiger partial charge is 0.382 e. The fourth-order valence-electron chi connectivity index (χ4n) is 1.91. The molecule has 0 saturated heterocycles. The number of hydrogen-bond donors (Lipinski definition) is 1. The Labute approximate surface area is 158 Å². The summed E-state index contributed by atoms with van der Waals surface area (Å²) < 4.78 is 13.5. The van der Waals surface area contributed by atoms with Crippen LogP contribution in [0.25, 0.3) is 0 Å². The highest BCUT2D eigenvalue weighted by atomic mass is 127. The summed E-state index contributed by atoms with van der Waals surface area (Å²) in [6, 6.07) is 2.11. The highest BCUT2D eigenvalue weighted by Gasteiger charge is 2.09. The molecule has 1 rings (SSSR count). The Morgan fingerprint density at radius 1 is 1.41 bits per heavy atom. The van der Waals surface area contributed by atoms with Crippen molar-refractivity contribution in [3.05, 3.63) is 22.4 Å². The third-order valence-corrected chi connectivity index (χ3v) is 3.44. The molecule has 8 heteroatoms. The lowest BCUT2D eigenvalue weighted by Gasteiger charge is -2.22. The summed E-state index contributed by atoms with van der Waals surface area (Å²) in [6.07, 6.45) is 2.04. The van der Waals surface area contributed by atoms with E-state index in [4.69, 9.17) is 9.47 Å². The van der Waals surface area contributed by atoms with Crippen LogP contribution < -0.4 is 5.32 Å². The molecule has 0 radical (unpaired) electrons. The summed E-state index contributed by atoms with van der Waals surface area (Å²) in [7, 11) is 7.50. The number of hydrogen-bond acceptors (Lipinski definition) is 3. The minimum atomic E-state index is 0. The van der Waals surface area contributed by atoms with Crippen LogP contribution in [-0.4, -0.2) is 63.0 Å². The maximum absolute atomic E-state index is 5.42. The van der Waals surface area contributed by atoms with Crippen LogP contribution in [-0.2, 0) is 23.1 Å². The van der Waals surface area contributed by atoms with E-state index in [1.807, 2.05) is 20.3 Å². The number of nitrogens with one attached hydrogen (secondary N) is 1. The van der Waals surface area contributed by atoms with Gasteiger partial charge in [0, 0.05) is 51.2 Å². The zero-order valence-corrected chi connectivity index (χ0v) is 17.6. The molecule has 1 aromatic heterocycles. The summed E-state index contributed by atoms with van der Waals surface area (Å²) in [5.74, 6) is 0.850. The molecule has 0 spiro atoms. The van der Waals surface area contributed by atoms with Gasteiger partial charge >= 0.3 is 0 Å². The summed E-state index contributed by atoms with van der Waals surface area (Å²) in [4.78, 5) is 6.37. The van der Waals surface area contributed by atoms with E-state index in [0.29, 0.717) is 19.8 Å². The maximum Gasteiger partial charge on any atom is 0.193 e. The molecule has 0 saturated carbocycles. The molecule has 1 heterocycles. The molecular weight excluding hydrogens is 463 g/mol. The Bertz CT molecular complexity index is 454. The van der Waals surface area contributed by atoms with E-state index >= 15 is 0 Å². The van der Waals surface area contributed by atoms with Crippen molar-refractivity contribution in [1.29, 1.82) is 0 Å². The molecule has 0 bridgehead atoms. The zero-order chi connectivity index (χ0) is 15.7. The highest BCUT2D eigenvalue weighted by Crippen LogP contribution is 2.14. The summed E-state index contributed by atoms with van der Waals surface area (Å²) in [5.41, 5.74) is 1.21. The van der Waals surface area contributed by atoms with Crippen molar-refractivity contribution in [3.63, 3.8) is 0 Å². The van der Waals surface area contributed by atoms with Crippen molar-refractivity contribution < 1.29 is 9.47 Å². The fraction of sp³-hybridized carbons (Fsp3) is 0.643. The quantitative estimate of drug-likeness (QED) is 0.263. The molecule has 0 fully saturated rings. The van der Waals surface area contributed by atoms with Gasteiger partial charge in [0.25, 0.3) is 0 Å². The maximum atomic E-state index is 5.42. The second-order valence-electron chi connectivity index (χ2n) is 4.70. The van der Waals surface area contributed by atoms with Gasteiger partial charge in [0.1, 0.15) is 0 Å². The van der Waals surface area contributed by atoms with Crippen molar-refractivity contribution in [2.24, 2.45) is 12.0 Å². The second kappa shape index (κ2) is 12.1. The average Bonchev–Trinajstić information content (AvgIpc) is 2.76.